The molecule has 1 saturated heterocycles. The predicted octanol–water partition coefficient (Wildman–Crippen LogP) is 3.27. The van der Waals surface area contributed by atoms with E-state index in [-0.39, 0.29) is 40.7 Å². The van der Waals surface area contributed by atoms with Crippen molar-refractivity contribution in [3.8, 4) is 5.75 Å². The van der Waals surface area contributed by atoms with Crippen LogP contribution >= 0.6 is 0 Å². The zero-order valence-corrected chi connectivity index (χ0v) is 15.2. The van der Waals surface area contributed by atoms with E-state index in [4.69, 9.17) is 4.74 Å². The van der Waals surface area contributed by atoms with Gasteiger partial charge in [-0.05, 0) is 49.2 Å². The summed E-state index contributed by atoms with van der Waals surface area (Å²) in [6.45, 7) is 0. The minimum absolute atomic E-state index is 0.107. The molecule has 1 heterocycles. The molecule has 0 bridgehead atoms. The van der Waals surface area contributed by atoms with E-state index in [2.05, 4.69) is 0 Å². The lowest BCUT2D eigenvalue weighted by molar-refractivity contribution is -0.384. The van der Waals surface area contributed by atoms with Crippen LogP contribution in [0.5, 0.6) is 5.75 Å². The van der Waals surface area contributed by atoms with E-state index < -0.39 is 10.9 Å². The van der Waals surface area contributed by atoms with Crippen LogP contribution in [0.1, 0.15) is 23.2 Å². The van der Waals surface area contributed by atoms with Gasteiger partial charge in [0, 0.05) is 12.1 Å². The highest BCUT2D eigenvalue weighted by atomic mass is 16.6. The Kier molecular flexibility index (Phi) is 4.67. The molecule has 0 aromatic heterocycles. The van der Waals surface area contributed by atoms with E-state index in [9.17, 15) is 24.5 Å². The number of hydrogen-bond donors (Lipinski definition) is 0. The Morgan fingerprint density at radius 1 is 0.931 bits per heavy atom. The topological polar surface area (TPSA) is 107 Å². The highest BCUT2D eigenvalue weighted by molar-refractivity contribution is 6.22. The van der Waals surface area contributed by atoms with Crippen LogP contribution in [-0.4, -0.2) is 22.7 Å². The molecule has 0 N–H and O–H groups in total. The van der Waals surface area contributed by atoms with Crippen molar-refractivity contribution in [2.24, 2.45) is 11.8 Å². The van der Waals surface area contributed by atoms with Crippen molar-refractivity contribution in [3.05, 3.63) is 76.4 Å². The van der Waals surface area contributed by atoms with E-state index in [1.807, 2.05) is 12.2 Å². The number of imide groups is 1. The molecule has 8 heteroatoms. The quantitative estimate of drug-likeness (QED) is 0.197. The Hall–Kier alpha value is -3.81. The van der Waals surface area contributed by atoms with Crippen LogP contribution in [-0.2, 0) is 9.59 Å². The Morgan fingerprint density at radius 2 is 1.48 bits per heavy atom. The molecule has 4 rings (SSSR count). The minimum Gasteiger partial charge on any atom is -0.423 e. The normalized spacial score (nSPS) is 20.5. The summed E-state index contributed by atoms with van der Waals surface area (Å²) in [6, 6.07) is 11.2. The number of nitro groups is 1. The van der Waals surface area contributed by atoms with Crippen LogP contribution in [0.3, 0.4) is 0 Å². The van der Waals surface area contributed by atoms with E-state index in [1.165, 1.54) is 53.4 Å². The van der Waals surface area contributed by atoms with Crippen molar-refractivity contribution in [2.45, 2.75) is 12.8 Å². The minimum atomic E-state index is -0.651. The van der Waals surface area contributed by atoms with Crippen molar-refractivity contribution in [1.29, 1.82) is 0 Å². The molecular formula is C21H16N2O6. The van der Waals surface area contributed by atoms with Gasteiger partial charge in [0.1, 0.15) is 5.75 Å². The van der Waals surface area contributed by atoms with Crippen LogP contribution in [0.25, 0.3) is 0 Å². The molecule has 2 amide bonds. The van der Waals surface area contributed by atoms with E-state index >= 15 is 0 Å². The number of carbonyl (C=O) groups is 3. The number of anilines is 1. The fourth-order valence-corrected chi connectivity index (χ4v) is 3.60. The van der Waals surface area contributed by atoms with Gasteiger partial charge in [0.25, 0.3) is 5.69 Å². The Balaban J connectivity index is 1.47. The maximum atomic E-state index is 12.6. The van der Waals surface area contributed by atoms with E-state index in [1.54, 1.807) is 0 Å². The number of non-ortho nitro benzene ring substituents is 1. The second kappa shape index (κ2) is 7.31. The Morgan fingerprint density at radius 3 is 2.00 bits per heavy atom. The fourth-order valence-electron chi connectivity index (χ4n) is 3.60. The molecule has 0 radical (unpaired) electrons. The highest BCUT2D eigenvalue weighted by Gasteiger charge is 2.47. The number of benzene rings is 2. The van der Waals surface area contributed by atoms with Crippen LogP contribution < -0.4 is 9.64 Å². The number of nitrogens with zero attached hydrogens (tertiary/aromatic N) is 2. The second-order valence-corrected chi connectivity index (χ2v) is 6.86. The number of allylic oxidation sites excluding steroid dienone is 2. The average Bonchev–Trinajstić information content (AvgIpc) is 2.99. The smallest absolute Gasteiger partial charge is 0.343 e. The standard InChI is InChI=1S/C21H16N2O6/c24-19-17-3-1-2-4-18(17)20(25)22(19)14-7-5-13(6-8-14)21(26)29-16-11-9-15(10-12-16)23(27)28/h1-2,5-12,17-18H,3-4H2/t17-,18-/m0/s1. The number of amides is 2. The molecule has 0 unspecified atom stereocenters. The molecular weight excluding hydrogens is 376 g/mol. The third-order valence-electron chi connectivity index (χ3n) is 5.13. The van der Waals surface area contributed by atoms with Crippen molar-refractivity contribution >= 4 is 29.2 Å². The van der Waals surface area contributed by atoms with E-state index in [0.717, 1.165) is 0 Å². The fraction of sp³-hybridized carbons (Fsp3) is 0.190. The molecule has 8 nitrogen and oxygen atoms in total. The molecule has 1 fully saturated rings. The number of rotatable bonds is 4. The molecule has 0 spiro atoms. The summed E-state index contributed by atoms with van der Waals surface area (Å²) in [5, 5.41) is 10.7. The van der Waals surface area contributed by atoms with Crippen molar-refractivity contribution in [2.75, 3.05) is 4.90 Å². The monoisotopic (exact) mass is 392 g/mol. The average molecular weight is 392 g/mol. The van der Waals surface area contributed by atoms with Gasteiger partial charge in [-0.1, -0.05) is 12.2 Å². The number of fused-ring (bicyclic) bond motifs is 1. The van der Waals surface area contributed by atoms with Crippen molar-refractivity contribution in [3.63, 3.8) is 0 Å². The highest BCUT2D eigenvalue weighted by Crippen LogP contribution is 2.37. The molecule has 2 aromatic rings. The maximum Gasteiger partial charge on any atom is 0.343 e. The molecule has 2 atom stereocenters. The number of nitro benzene ring substituents is 1. The van der Waals surface area contributed by atoms with Crippen LogP contribution in [0.4, 0.5) is 11.4 Å². The second-order valence-electron chi connectivity index (χ2n) is 6.86. The van der Waals surface area contributed by atoms with Gasteiger partial charge in [0.2, 0.25) is 11.8 Å². The predicted molar refractivity (Wildman–Crippen MR) is 102 cm³/mol. The number of hydrogen-bond acceptors (Lipinski definition) is 6. The van der Waals surface area contributed by atoms with Gasteiger partial charge in [-0.2, -0.15) is 0 Å². The first kappa shape index (κ1) is 18.5. The first-order chi connectivity index (χ1) is 14.0. The molecule has 1 aliphatic carbocycles. The van der Waals surface area contributed by atoms with Gasteiger partial charge >= 0.3 is 5.97 Å². The molecule has 0 saturated carbocycles. The van der Waals surface area contributed by atoms with Gasteiger partial charge in [-0.25, -0.2) is 4.79 Å². The summed E-state index contributed by atoms with van der Waals surface area (Å²) in [5.74, 6) is -1.55. The lowest BCUT2D eigenvalue weighted by Crippen LogP contribution is -2.30. The number of esters is 1. The van der Waals surface area contributed by atoms with Gasteiger partial charge < -0.3 is 4.74 Å². The van der Waals surface area contributed by atoms with Crippen molar-refractivity contribution in [1.82, 2.24) is 0 Å². The summed E-state index contributed by atoms with van der Waals surface area (Å²) in [5.41, 5.74) is 0.538. The molecule has 2 aliphatic rings. The summed E-state index contributed by atoms with van der Waals surface area (Å²) in [6.07, 6.45) is 4.97. The van der Waals surface area contributed by atoms with Gasteiger partial charge in [0.15, 0.2) is 0 Å². The SMILES string of the molecule is O=C(Oc1ccc([N+](=O)[O-])cc1)c1ccc(N2C(=O)[C@H]3CC=CC[C@@H]3C2=O)cc1. The Labute approximate surface area is 165 Å². The largest absolute Gasteiger partial charge is 0.423 e. The lowest BCUT2D eigenvalue weighted by atomic mass is 9.85. The third-order valence-corrected chi connectivity index (χ3v) is 5.13. The maximum absolute atomic E-state index is 12.6. The van der Waals surface area contributed by atoms with Gasteiger partial charge in [-0.15, -0.1) is 0 Å². The molecule has 29 heavy (non-hydrogen) atoms. The lowest BCUT2D eigenvalue weighted by Gasteiger charge is -2.15. The van der Waals surface area contributed by atoms with Gasteiger partial charge in [-0.3, -0.25) is 24.6 Å². The molecule has 146 valence electrons. The van der Waals surface area contributed by atoms with E-state index in [0.29, 0.717) is 18.5 Å². The summed E-state index contributed by atoms with van der Waals surface area (Å²) >= 11 is 0. The van der Waals surface area contributed by atoms with Crippen LogP contribution in [0.2, 0.25) is 0 Å². The van der Waals surface area contributed by atoms with Crippen LogP contribution in [0.15, 0.2) is 60.7 Å². The first-order valence-corrected chi connectivity index (χ1v) is 9.05. The Bertz CT molecular complexity index is 1000. The first-order valence-electron chi connectivity index (χ1n) is 9.05. The van der Waals surface area contributed by atoms with Gasteiger partial charge in [0.05, 0.1) is 28.0 Å². The number of carbonyl (C=O) groups excluding carboxylic acids is 3. The molecule has 1 aliphatic heterocycles. The number of ether oxygens (including phenoxy) is 1. The summed E-state index contributed by atoms with van der Waals surface area (Å²) in [4.78, 5) is 48.8. The molecule has 2 aromatic carbocycles. The summed E-state index contributed by atoms with van der Waals surface area (Å²) in [7, 11) is 0. The van der Waals surface area contributed by atoms with Crippen molar-refractivity contribution < 1.29 is 24.0 Å². The van der Waals surface area contributed by atoms with Crippen LogP contribution in [0, 0.1) is 22.0 Å². The zero-order chi connectivity index (χ0) is 20.5. The summed E-state index contributed by atoms with van der Waals surface area (Å²) < 4.78 is 5.20. The third kappa shape index (κ3) is 3.40. The zero-order valence-electron chi connectivity index (χ0n) is 15.2.